The number of H-pyrrole nitrogens is 1. The van der Waals surface area contributed by atoms with Crippen LogP contribution in [0.2, 0.25) is 0 Å². The lowest BCUT2D eigenvalue weighted by Gasteiger charge is -2.25. The second kappa shape index (κ2) is 4.88. The molecular weight excluding hydrogens is 266 g/mol. The Bertz CT molecular complexity index is 789. The van der Waals surface area contributed by atoms with Gasteiger partial charge in [0.2, 0.25) is 0 Å². The Labute approximate surface area is 122 Å². The summed E-state index contributed by atoms with van der Waals surface area (Å²) in [5.41, 5.74) is 4.91. The number of fused-ring (bicyclic) bond motifs is 3. The highest BCUT2D eigenvalue weighted by molar-refractivity contribution is 5.90. The molecule has 108 valence electrons. The van der Waals surface area contributed by atoms with Crippen LogP contribution in [-0.4, -0.2) is 18.1 Å². The lowest BCUT2D eigenvalue weighted by molar-refractivity contribution is 0.0598. The number of aromatic amines is 1. The lowest BCUT2D eigenvalue weighted by Crippen LogP contribution is -2.23. The Hall–Kier alpha value is -2.36. The second-order valence-corrected chi connectivity index (χ2v) is 5.60. The van der Waals surface area contributed by atoms with Gasteiger partial charge in [0, 0.05) is 5.56 Å². The minimum Gasteiger partial charge on any atom is -0.465 e. The van der Waals surface area contributed by atoms with Gasteiger partial charge in [-0.15, -0.1) is 0 Å². The van der Waals surface area contributed by atoms with Crippen LogP contribution in [0.1, 0.15) is 39.9 Å². The van der Waals surface area contributed by atoms with Crippen molar-refractivity contribution in [2.45, 2.75) is 26.2 Å². The van der Waals surface area contributed by atoms with E-state index in [9.17, 15) is 9.59 Å². The number of aromatic nitrogens is 1. The molecule has 1 N–H and O–H groups in total. The Kier molecular flexibility index (Phi) is 3.16. The molecule has 0 aliphatic heterocycles. The third-order valence-corrected chi connectivity index (χ3v) is 4.07. The summed E-state index contributed by atoms with van der Waals surface area (Å²) < 4.78 is 4.67. The highest BCUT2D eigenvalue weighted by Crippen LogP contribution is 2.38. The summed E-state index contributed by atoms with van der Waals surface area (Å²) in [6.07, 6.45) is 0.898. The van der Waals surface area contributed by atoms with E-state index in [1.165, 1.54) is 12.7 Å². The second-order valence-electron chi connectivity index (χ2n) is 5.60. The normalized spacial score (nSPS) is 16.0. The van der Waals surface area contributed by atoms with Gasteiger partial charge in [-0.05, 0) is 42.5 Å². The van der Waals surface area contributed by atoms with E-state index in [1.54, 1.807) is 6.07 Å². The number of pyridine rings is 1. The maximum atomic E-state index is 12.1. The van der Waals surface area contributed by atoms with Gasteiger partial charge in [0.1, 0.15) is 5.56 Å². The van der Waals surface area contributed by atoms with Crippen molar-refractivity contribution in [3.05, 3.63) is 56.9 Å². The zero-order valence-corrected chi connectivity index (χ0v) is 12.3. The number of aryl methyl sites for hydroxylation is 1. The summed E-state index contributed by atoms with van der Waals surface area (Å²) in [5.74, 6) is -0.350. The third kappa shape index (κ3) is 2.17. The predicted molar refractivity (Wildman–Crippen MR) is 80.7 cm³/mol. The molecule has 4 nitrogen and oxygen atoms in total. The first-order valence-electron chi connectivity index (χ1n) is 6.96. The molecule has 1 aromatic heterocycles. The number of ether oxygens (including phenoxy) is 1. The molecule has 0 bridgehead atoms. The number of esters is 1. The van der Waals surface area contributed by atoms with Crippen LogP contribution in [-0.2, 0) is 11.2 Å². The van der Waals surface area contributed by atoms with Crippen LogP contribution in [0.4, 0.5) is 0 Å². The van der Waals surface area contributed by atoms with Crippen molar-refractivity contribution in [3.8, 4) is 11.3 Å². The maximum Gasteiger partial charge on any atom is 0.343 e. The van der Waals surface area contributed by atoms with E-state index in [2.05, 4.69) is 34.8 Å². The van der Waals surface area contributed by atoms with Crippen molar-refractivity contribution in [3.63, 3.8) is 0 Å². The molecule has 21 heavy (non-hydrogen) atoms. The molecule has 0 amide bonds. The summed E-state index contributed by atoms with van der Waals surface area (Å²) in [7, 11) is 1.28. The maximum absolute atomic E-state index is 12.1. The van der Waals surface area contributed by atoms with Crippen molar-refractivity contribution >= 4 is 5.97 Å². The molecule has 1 aliphatic carbocycles. The third-order valence-electron chi connectivity index (χ3n) is 4.07. The van der Waals surface area contributed by atoms with Gasteiger partial charge in [-0.25, -0.2) is 4.79 Å². The molecule has 3 rings (SSSR count). The first-order chi connectivity index (χ1) is 10.0. The predicted octanol–water partition coefficient (Wildman–Crippen LogP) is 2.80. The number of rotatable bonds is 1. The number of nitrogens with one attached hydrogen (secondary N) is 1. The fourth-order valence-electron chi connectivity index (χ4n) is 2.96. The zero-order valence-electron chi connectivity index (χ0n) is 12.3. The molecule has 0 saturated heterocycles. The number of methoxy groups -OCH3 is 1. The van der Waals surface area contributed by atoms with Gasteiger partial charge in [-0.1, -0.05) is 24.6 Å². The molecule has 0 radical (unpaired) electrons. The smallest absolute Gasteiger partial charge is 0.343 e. The van der Waals surface area contributed by atoms with Gasteiger partial charge < -0.3 is 9.72 Å². The first-order valence-corrected chi connectivity index (χ1v) is 6.96. The summed E-state index contributed by atoms with van der Waals surface area (Å²) in [6.45, 7) is 4.12. The van der Waals surface area contributed by atoms with E-state index in [0.717, 1.165) is 28.8 Å². The van der Waals surface area contributed by atoms with Crippen LogP contribution < -0.4 is 5.56 Å². The molecule has 1 unspecified atom stereocenters. The molecule has 1 heterocycles. The highest BCUT2D eigenvalue weighted by atomic mass is 16.5. The lowest BCUT2D eigenvalue weighted by atomic mass is 9.81. The quantitative estimate of drug-likeness (QED) is 0.819. The van der Waals surface area contributed by atoms with E-state index >= 15 is 0 Å². The van der Waals surface area contributed by atoms with Crippen molar-refractivity contribution in [2.24, 2.45) is 0 Å². The molecular formula is C17H17NO3. The molecule has 0 spiro atoms. The SMILES string of the molecule is COC(=O)c1cc2c([nH]c1=O)-c1cc(C)ccc1CC2C. The van der Waals surface area contributed by atoms with E-state index in [-0.39, 0.29) is 11.5 Å². The summed E-state index contributed by atoms with van der Waals surface area (Å²) >= 11 is 0. The van der Waals surface area contributed by atoms with Crippen molar-refractivity contribution in [2.75, 3.05) is 7.11 Å². The van der Waals surface area contributed by atoms with Gasteiger partial charge in [0.25, 0.3) is 5.56 Å². The summed E-state index contributed by atoms with van der Waals surface area (Å²) in [6, 6.07) is 7.94. The van der Waals surface area contributed by atoms with Crippen LogP contribution >= 0.6 is 0 Å². The Morgan fingerprint density at radius 3 is 2.81 bits per heavy atom. The van der Waals surface area contributed by atoms with Crippen LogP contribution in [0, 0.1) is 6.92 Å². The average Bonchev–Trinajstić information content (AvgIpc) is 2.47. The fourth-order valence-corrected chi connectivity index (χ4v) is 2.96. The Balaban J connectivity index is 2.27. The number of hydrogen-bond acceptors (Lipinski definition) is 3. The molecule has 0 saturated carbocycles. The van der Waals surface area contributed by atoms with Crippen molar-refractivity contribution in [1.82, 2.24) is 4.98 Å². The molecule has 2 aromatic rings. The Morgan fingerprint density at radius 2 is 2.10 bits per heavy atom. The minimum absolute atomic E-state index is 0.0687. The standard InChI is InChI=1S/C17H17NO3/c1-9-4-5-11-7-10(2)12-8-14(17(20)21-3)16(19)18-15(12)13(11)6-9/h4-6,8,10H,7H2,1-3H3,(H,18,19). The number of benzene rings is 1. The zero-order chi connectivity index (χ0) is 15.1. The van der Waals surface area contributed by atoms with E-state index in [0.29, 0.717) is 0 Å². The fraction of sp³-hybridized carbons (Fsp3) is 0.294. The largest absolute Gasteiger partial charge is 0.465 e. The van der Waals surface area contributed by atoms with Gasteiger partial charge >= 0.3 is 5.97 Å². The summed E-state index contributed by atoms with van der Waals surface area (Å²) in [5, 5.41) is 0. The van der Waals surface area contributed by atoms with Gasteiger partial charge in [-0.3, -0.25) is 4.79 Å². The van der Waals surface area contributed by atoms with Gasteiger partial charge in [0.15, 0.2) is 0 Å². The van der Waals surface area contributed by atoms with Crippen LogP contribution in [0.15, 0.2) is 29.1 Å². The van der Waals surface area contributed by atoms with Crippen LogP contribution in [0.25, 0.3) is 11.3 Å². The minimum atomic E-state index is -0.596. The van der Waals surface area contributed by atoms with Crippen LogP contribution in [0.3, 0.4) is 0 Å². The highest BCUT2D eigenvalue weighted by Gasteiger charge is 2.25. The monoisotopic (exact) mass is 283 g/mol. The molecule has 1 aromatic carbocycles. The first kappa shape index (κ1) is 13.6. The average molecular weight is 283 g/mol. The topological polar surface area (TPSA) is 59.2 Å². The molecule has 1 atom stereocenters. The number of hydrogen-bond donors (Lipinski definition) is 1. The molecule has 4 heteroatoms. The molecule has 1 aliphatic rings. The van der Waals surface area contributed by atoms with Crippen molar-refractivity contribution in [1.29, 1.82) is 0 Å². The van der Waals surface area contributed by atoms with E-state index in [1.807, 2.05) is 6.92 Å². The summed E-state index contributed by atoms with van der Waals surface area (Å²) in [4.78, 5) is 26.7. The van der Waals surface area contributed by atoms with E-state index < -0.39 is 11.5 Å². The molecule has 0 fully saturated rings. The number of carbonyl (C=O) groups excluding carboxylic acids is 1. The van der Waals surface area contributed by atoms with Crippen LogP contribution in [0.5, 0.6) is 0 Å². The van der Waals surface area contributed by atoms with Crippen molar-refractivity contribution < 1.29 is 9.53 Å². The van der Waals surface area contributed by atoms with E-state index in [4.69, 9.17) is 0 Å². The number of carbonyl (C=O) groups is 1. The van der Waals surface area contributed by atoms with Gasteiger partial charge in [0.05, 0.1) is 12.8 Å². The van der Waals surface area contributed by atoms with Gasteiger partial charge in [-0.2, -0.15) is 0 Å². The Morgan fingerprint density at radius 1 is 1.33 bits per heavy atom.